The molecular formula is C14H28. The summed E-state index contributed by atoms with van der Waals surface area (Å²) in [6.45, 7) is 10.3. The molecule has 1 atom stereocenters. The Labute approximate surface area is 90.8 Å². The fourth-order valence-electron chi connectivity index (χ4n) is 0.522. The fourth-order valence-corrected chi connectivity index (χ4v) is 0.522. The van der Waals surface area contributed by atoms with Crippen molar-refractivity contribution in [1.29, 1.82) is 0 Å². The van der Waals surface area contributed by atoms with E-state index in [1.165, 1.54) is 44.9 Å². The van der Waals surface area contributed by atoms with Crippen molar-refractivity contribution in [2.45, 2.75) is 65.7 Å². The molecule has 0 bridgehead atoms. The zero-order valence-corrected chi connectivity index (χ0v) is 10.4. The molecule has 1 unspecified atom stereocenters. The molecule has 0 aromatic heterocycles. The van der Waals surface area contributed by atoms with Gasteiger partial charge in [0.25, 0.3) is 0 Å². The molecule has 0 aromatic rings. The zero-order chi connectivity index (χ0) is 10.8. The van der Waals surface area contributed by atoms with E-state index >= 15 is 0 Å². The summed E-state index contributed by atoms with van der Waals surface area (Å²) in [6.07, 6.45) is 12.5. The monoisotopic (exact) mass is 196 g/mol. The Kier molecular flexibility index (Phi) is 9.13. The molecule has 2 rings (SSSR count). The summed E-state index contributed by atoms with van der Waals surface area (Å²) in [5.74, 6) is 1.41. The lowest BCUT2D eigenvalue weighted by atomic mass is 9.99. The highest BCUT2D eigenvalue weighted by molar-refractivity contribution is 4.76. The number of allylic oxidation sites excluding steroid dienone is 1. The molecule has 0 nitrogen and oxygen atoms in total. The minimum Gasteiger partial charge on any atom is -0.103 e. The second-order valence-corrected chi connectivity index (χ2v) is 4.81. The van der Waals surface area contributed by atoms with Crippen LogP contribution in [0.3, 0.4) is 0 Å². The molecule has 0 N–H and O–H groups in total. The first-order chi connectivity index (χ1) is 6.68. The Morgan fingerprint density at radius 2 is 1.07 bits per heavy atom. The third kappa shape index (κ3) is 11.7. The van der Waals surface area contributed by atoms with Crippen LogP contribution in [0, 0.1) is 11.8 Å². The predicted molar refractivity (Wildman–Crippen MR) is 66.5 cm³/mol. The molecule has 0 saturated heterocycles. The van der Waals surface area contributed by atoms with Gasteiger partial charge in [0.05, 0.1) is 0 Å². The molecule has 2 aliphatic carbocycles. The second kappa shape index (κ2) is 9.30. The first kappa shape index (κ1) is 13.7. The molecule has 0 heterocycles. The average Bonchev–Trinajstić information content (AvgIpc) is 2.84. The third-order valence-corrected chi connectivity index (χ3v) is 2.78. The summed E-state index contributed by atoms with van der Waals surface area (Å²) in [7, 11) is 0. The van der Waals surface area contributed by atoms with Gasteiger partial charge in [-0.2, -0.15) is 0 Å². The molecule has 2 saturated carbocycles. The lowest BCUT2D eigenvalue weighted by Gasteiger charge is -2.07. The Morgan fingerprint density at radius 1 is 0.786 bits per heavy atom. The Bertz CT molecular complexity index is 111. The maximum absolute atomic E-state index is 3.68. The van der Waals surface area contributed by atoms with Crippen molar-refractivity contribution in [3.05, 3.63) is 12.7 Å². The highest BCUT2D eigenvalue weighted by Gasteiger charge is 1.98. The van der Waals surface area contributed by atoms with Gasteiger partial charge in [-0.15, -0.1) is 6.58 Å². The van der Waals surface area contributed by atoms with Crippen LogP contribution in [0.5, 0.6) is 0 Å². The van der Waals surface area contributed by atoms with Crippen LogP contribution in [-0.2, 0) is 0 Å². The average molecular weight is 196 g/mol. The van der Waals surface area contributed by atoms with Crippen LogP contribution in [0.4, 0.5) is 0 Å². The van der Waals surface area contributed by atoms with Crippen molar-refractivity contribution in [2.24, 2.45) is 11.8 Å². The van der Waals surface area contributed by atoms with E-state index in [1.54, 1.807) is 0 Å². The standard InChI is InChI=1S/C7H14.C4H8.C3H6/c1-5-7(4)6(2)3;1-2-4-3-1;1-2-3-1/h5-7H,1H2,2-4H3;1-4H2;1-3H2. The van der Waals surface area contributed by atoms with E-state index in [2.05, 4.69) is 27.4 Å². The van der Waals surface area contributed by atoms with Gasteiger partial charge >= 0.3 is 0 Å². The maximum atomic E-state index is 3.68. The first-order valence-electron chi connectivity index (χ1n) is 6.31. The van der Waals surface area contributed by atoms with Crippen molar-refractivity contribution in [1.82, 2.24) is 0 Å². The minimum absolute atomic E-state index is 0.667. The Hall–Kier alpha value is -0.260. The van der Waals surface area contributed by atoms with Crippen LogP contribution in [0.1, 0.15) is 65.7 Å². The first-order valence-corrected chi connectivity index (χ1v) is 6.31. The molecule has 0 amide bonds. The lowest BCUT2D eigenvalue weighted by Crippen LogP contribution is -1.97. The topological polar surface area (TPSA) is 0 Å². The minimum atomic E-state index is 0.667. The molecule has 0 radical (unpaired) electrons. The lowest BCUT2D eigenvalue weighted by molar-refractivity contribution is 0.504. The Balaban J connectivity index is 0.000000199. The van der Waals surface area contributed by atoms with Gasteiger partial charge in [0.1, 0.15) is 0 Å². The van der Waals surface area contributed by atoms with Gasteiger partial charge in [-0.1, -0.05) is 71.8 Å². The van der Waals surface area contributed by atoms with Crippen molar-refractivity contribution in [2.75, 3.05) is 0 Å². The van der Waals surface area contributed by atoms with E-state index < -0.39 is 0 Å². The molecule has 0 heteroatoms. The van der Waals surface area contributed by atoms with Crippen molar-refractivity contribution < 1.29 is 0 Å². The number of hydrogen-bond donors (Lipinski definition) is 0. The van der Waals surface area contributed by atoms with Gasteiger partial charge in [-0.25, -0.2) is 0 Å². The van der Waals surface area contributed by atoms with E-state index in [0.717, 1.165) is 5.92 Å². The van der Waals surface area contributed by atoms with Crippen LogP contribution in [-0.4, -0.2) is 0 Å². The van der Waals surface area contributed by atoms with Crippen LogP contribution in [0.2, 0.25) is 0 Å². The smallest absolute Gasteiger partial charge is 0.0242 e. The van der Waals surface area contributed by atoms with Crippen molar-refractivity contribution in [3.8, 4) is 0 Å². The number of hydrogen-bond acceptors (Lipinski definition) is 0. The maximum Gasteiger partial charge on any atom is -0.0242 e. The van der Waals surface area contributed by atoms with E-state index in [0.29, 0.717) is 5.92 Å². The molecule has 2 aliphatic rings. The van der Waals surface area contributed by atoms with Crippen LogP contribution < -0.4 is 0 Å². The van der Waals surface area contributed by atoms with E-state index in [4.69, 9.17) is 0 Å². The normalized spacial score (nSPS) is 19.1. The molecular weight excluding hydrogens is 168 g/mol. The summed E-state index contributed by atoms with van der Waals surface area (Å²) >= 11 is 0. The van der Waals surface area contributed by atoms with Gasteiger partial charge in [-0.3, -0.25) is 0 Å². The summed E-state index contributed by atoms with van der Waals surface area (Å²) in [5.41, 5.74) is 0. The van der Waals surface area contributed by atoms with Crippen LogP contribution in [0.25, 0.3) is 0 Å². The van der Waals surface area contributed by atoms with Gasteiger partial charge in [0, 0.05) is 0 Å². The highest BCUT2D eigenvalue weighted by Crippen LogP contribution is 2.15. The molecule has 0 aliphatic heterocycles. The van der Waals surface area contributed by atoms with E-state index in [9.17, 15) is 0 Å². The molecule has 84 valence electrons. The second-order valence-electron chi connectivity index (χ2n) is 4.81. The summed E-state index contributed by atoms with van der Waals surface area (Å²) in [4.78, 5) is 0. The van der Waals surface area contributed by atoms with E-state index in [-0.39, 0.29) is 0 Å². The number of rotatable bonds is 2. The quantitative estimate of drug-likeness (QED) is 0.533. The summed E-state index contributed by atoms with van der Waals surface area (Å²) < 4.78 is 0. The SMILES string of the molecule is C1CC1.C1CCC1.C=CC(C)C(C)C. The Morgan fingerprint density at radius 3 is 1.07 bits per heavy atom. The molecule has 0 spiro atoms. The molecule has 2 fully saturated rings. The van der Waals surface area contributed by atoms with Gasteiger partial charge in [0.2, 0.25) is 0 Å². The fraction of sp³-hybridized carbons (Fsp3) is 0.857. The molecule has 0 aromatic carbocycles. The molecule has 14 heavy (non-hydrogen) atoms. The van der Waals surface area contributed by atoms with Gasteiger partial charge < -0.3 is 0 Å². The largest absolute Gasteiger partial charge is 0.103 e. The van der Waals surface area contributed by atoms with E-state index in [1.807, 2.05) is 6.08 Å². The van der Waals surface area contributed by atoms with Crippen molar-refractivity contribution >= 4 is 0 Å². The third-order valence-electron chi connectivity index (χ3n) is 2.78. The van der Waals surface area contributed by atoms with Crippen LogP contribution in [0.15, 0.2) is 12.7 Å². The van der Waals surface area contributed by atoms with Gasteiger partial charge in [-0.05, 0) is 11.8 Å². The summed E-state index contributed by atoms with van der Waals surface area (Å²) in [5, 5.41) is 0. The zero-order valence-electron chi connectivity index (χ0n) is 10.4. The predicted octanol–water partition coefficient (Wildman–Crippen LogP) is 5.20. The van der Waals surface area contributed by atoms with Crippen molar-refractivity contribution in [3.63, 3.8) is 0 Å². The van der Waals surface area contributed by atoms with Gasteiger partial charge in [0.15, 0.2) is 0 Å². The highest BCUT2D eigenvalue weighted by atomic mass is 14.0. The summed E-state index contributed by atoms with van der Waals surface area (Å²) in [6, 6.07) is 0. The van der Waals surface area contributed by atoms with Crippen LogP contribution >= 0.6 is 0 Å².